The molecular formula is C12H16O. The number of hydrogen-bond donors (Lipinski definition) is 1. The Bertz CT molecular complexity index is 294. The predicted molar refractivity (Wildman–Crippen MR) is 54.5 cm³/mol. The molecule has 13 heavy (non-hydrogen) atoms. The van der Waals surface area contributed by atoms with E-state index in [4.69, 9.17) is 0 Å². The Kier molecular flexibility index (Phi) is 2.26. The lowest BCUT2D eigenvalue weighted by Gasteiger charge is -2.26. The maximum atomic E-state index is 9.67. The van der Waals surface area contributed by atoms with E-state index in [1.165, 1.54) is 12.0 Å². The minimum Gasteiger partial charge on any atom is -0.508 e. The highest BCUT2D eigenvalue weighted by atomic mass is 16.3. The van der Waals surface area contributed by atoms with Crippen LogP contribution in [0.5, 0.6) is 0 Å². The third-order valence-corrected chi connectivity index (χ3v) is 3.06. The van der Waals surface area contributed by atoms with Crippen LogP contribution in [0.3, 0.4) is 0 Å². The number of allylic oxidation sites excluding steroid dienone is 4. The molecule has 0 aromatic carbocycles. The van der Waals surface area contributed by atoms with E-state index in [9.17, 15) is 5.11 Å². The number of aliphatic hydroxyl groups excluding tert-OH is 1. The van der Waals surface area contributed by atoms with Crippen LogP contribution in [-0.2, 0) is 0 Å². The summed E-state index contributed by atoms with van der Waals surface area (Å²) in [4.78, 5) is 0. The van der Waals surface area contributed by atoms with E-state index < -0.39 is 0 Å². The van der Waals surface area contributed by atoms with Gasteiger partial charge in [-0.3, -0.25) is 0 Å². The molecule has 0 spiro atoms. The van der Waals surface area contributed by atoms with Gasteiger partial charge >= 0.3 is 0 Å². The molecule has 0 amide bonds. The first-order chi connectivity index (χ1) is 6.33. The summed E-state index contributed by atoms with van der Waals surface area (Å²) in [6, 6.07) is 0. The van der Waals surface area contributed by atoms with Gasteiger partial charge in [0.2, 0.25) is 0 Å². The molecule has 0 fully saturated rings. The second kappa shape index (κ2) is 3.41. The molecule has 0 radical (unpaired) electrons. The van der Waals surface area contributed by atoms with Crippen LogP contribution in [0.4, 0.5) is 0 Å². The molecule has 1 heteroatoms. The molecule has 70 valence electrons. The fourth-order valence-corrected chi connectivity index (χ4v) is 2.30. The van der Waals surface area contributed by atoms with Crippen LogP contribution < -0.4 is 0 Å². The van der Waals surface area contributed by atoms with E-state index in [2.05, 4.69) is 19.1 Å². The maximum Gasteiger partial charge on any atom is 0.118 e. The molecule has 0 heterocycles. The van der Waals surface area contributed by atoms with Crippen molar-refractivity contribution in [3.63, 3.8) is 0 Å². The van der Waals surface area contributed by atoms with Crippen molar-refractivity contribution in [3.8, 4) is 0 Å². The van der Waals surface area contributed by atoms with Crippen molar-refractivity contribution >= 4 is 0 Å². The first kappa shape index (κ1) is 8.61. The molecule has 0 aromatic rings. The number of hydrogen-bond acceptors (Lipinski definition) is 1. The van der Waals surface area contributed by atoms with Crippen LogP contribution in [0.15, 0.2) is 35.1 Å². The van der Waals surface area contributed by atoms with Crippen LogP contribution in [-0.4, -0.2) is 5.11 Å². The highest BCUT2D eigenvalue weighted by molar-refractivity contribution is 5.45. The lowest BCUT2D eigenvalue weighted by Crippen LogP contribution is -2.12. The molecule has 1 atom stereocenters. The SMILES string of the molecule is CCC1CC=CC2=C1CCC=C2O. The van der Waals surface area contributed by atoms with Crippen molar-refractivity contribution in [2.75, 3.05) is 0 Å². The summed E-state index contributed by atoms with van der Waals surface area (Å²) >= 11 is 0. The van der Waals surface area contributed by atoms with E-state index in [0.29, 0.717) is 11.7 Å². The van der Waals surface area contributed by atoms with Gasteiger partial charge in [-0.1, -0.05) is 24.6 Å². The van der Waals surface area contributed by atoms with Gasteiger partial charge in [-0.2, -0.15) is 0 Å². The van der Waals surface area contributed by atoms with Crippen LogP contribution in [0.25, 0.3) is 0 Å². The third-order valence-electron chi connectivity index (χ3n) is 3.06. The molecule has 1 N–H and O–H groups in total. The summed E-state index contributed by atoms with van der Waals surface area (Å²) in [6.07, 6.45) is 10.7. The topological polar surface area (TPSA) is 20.2 Å². The minimum atomic E-state index is 0.496. The van der Waals surface area contributed by atoms with Crippen molar-refractivity contribution in [3.05, 3.63) is 35.1 Å². The summed E-state index contributed by atoms with van der Waals surface area (Å²) in [5.41, 5.74) is 2.58. The van der Waals surface area contributed by atoms with Gasteiger partial charge in [0.25, 0.3) is 0 Å². The highest BCUT2D eigenvalue weighted by Crippen LogP contribution is 2.36. The van der Waals surface area contributed by atoms with E-state index in [1.54, 1.807) is 0 Å². The maximum absolute atomic E-state index is 9.67. The van der Waals surface area contributed by atoms with Gasteiger partial charge in [0.15, 0.2) is 0 Å². The summed E-state index contributed by atoms with van der Waals surface area (Å²) in [6.45, 7) is 2.23. The molecule has 2 aliphatic carbocycles. The van der Waals surface area contributed by atoms with E-state index in [-0.39, 0.29) is 0 Å². The van der Waals surface area contributed by atoms with Crippen LogP contribution in [0.1, 0.15) is 32.6 Å². The van der Waals surface area contributed by atoms with Gasteiger partial charge in [-0.15, -0.1) is 0 Å². The molecule has 0 bridgehead atoms. The smallest absolute Gasteiger partial charge is 0.118 e. The quantitative estimate of drug-likeness (QED) is 0.648. The average molecular weight is 176 g/mol. The Hall–Kier alpha value is -0.980. The summed E-state index contributed by atoms with van der Waals surface area (Å²) in [7, 11) is 0. The Balaban J connectivity index is 2.36. The van der Waals surface area contributed by atoms with Gasteiger partial charge in [0.1, 0.15) is 5.76 Å². The fourth-order valence-electron chi connectivity index (χ4n) is 2.30. The Morgan fingerprint density at radius 3 is 3.15 bits per heavy atom. The average Bonchev–Trinajstić information content (AvgIpc) is 2.18. The molecule has 0 aromatic heterocycles. The van der Waals surface area contributed by atoms with Gasteiger partial charge in [0.05, 0.1) is 0 Å². The Labute approximate surface area is 79.5 Å². The van der Waals surface area contributed by atoms with Gasteiger partial charge in [-0.25, -0.2) is 0 Å². The largest absolute Gasteiger partial charge is 0.508 e. The van der Waals surface area contributed by atoms with Crippen molar-refractivity contribution in [1.29, 1.82) is 0 Å². The zero-order chi connectivity index (χ0) is 9.26. The van der Waals surface area contributed by atoms with Crippen LogP contribution >= 0.6 is 0 Å². The number of aliphatic hydroxyl groups is 1. The van der Waals surface area contributed by atoms with Crippen LogP contribution in [0, 0.1) is 5.92 Å². The van der Waals surface area contributed by atoms with E-state index >= 15 is 0 Å². The Morgan fingerprint density at radius 2 is 2.38 bits per heavy atom. The van der Waals surface area contributed by atoms with Gasteiger partial charge in [0, 0.05) is 5.57 Å². The fraction of sp³-hybridized carbons (Fsp3) is 0.500. The van der Waals surface area contributed by atoms with E-state index in [0.717, 1.165) is 24.8 Å². The summed E-state index contributed by atoms with van der Waals surface area (Å²) < 4.78 is 0. The van der Waals surface area contributed by atoms with Crippen molar-refractivity contribution in [2.24, 2.45) is 5.92 Å². The lowest BCUT2D eigenvalue weighted by molar-refractivity contribution is 0.410. The van der Waals surface area contributed by atoms with Gasteiger partial charge in [-0.05, 0) is 37.7 Å². The minimum absolute atomic E-state index is 0.496. The number of rotatable bonds is 1. The second-order valence-electron chi connectivity index (χ2n) is 3.81. The molecule has 0 aliphatic heterocycles. The zero-order valence-corrected chi connectivity index (χ0v) is 8.09. The molecule has 1 unspecified atom stereocenters. The second-order valence-corrected chi connectivity index (χ2v) is 3.81. The van der Waals surface area contributed by atoms with Crippen LogP contribution in [0.2, 0.25) is 0 Å². The molecule has 0 saturated carbocycles. The van der Waals surface area contributed by atoms with E-state index in [1.807, 2.05) is 6.08 Å². The third kappa shape index (κ3) is 1.43. The van der Waals surface area contributed by atoms with Crippen molar-refractivity contribution in [2.45, 2.75) is 32.6 Å². The van der Waals surface area contributed by atoms with Gasteiger partial charge < -0.3 is 5.11 Å². The summed E-state index contributed by atoms with van der Waals surface area (Å²) in [5, 5.41) is 9.67. The lowest BCUT2D eigenvalue weighted by atomic mass is 9.80. The molecule has 2 aliphatic rings. The van der Waals surface area contributed by atoms with Crippen molar-refractivity contribution < 1.29 is 5.11 Å². The summed E-state index contributed by atoms with van der Waals surface area (Å²) in [5.74, 6) is 1.17. The molecule has 2 rings (SSSR count). The molecular weight excluding hydrogens is 160 g/mol. The highest BCUT2D eigenvalue weighted by Gasteiger charge is 2.22. The predicted octanol–water partition coefficient (Wildman–Crippen LogP) is 3.50. The molecule has 1 nitrogen and oxygen atoms in total. The zero-order valence-electron chi connectivity index (χ0n) is 8.09. The normalized spacial score (nSPS) is 27.2. The first-order valence-corrected chi connectivity index (χ1v) is 5.12. The standard InChI is InChI=1S/C12H16O/c1-2-9-5-3-7-11-10(9)6-4-8-12(11)13/h3,7-9,13H,2,4-6H2,1H3. The molecule has 0 saturated heterocycles. The first-order valence-electron chi connectivity index (χ1n) is 5.12. The monoisotopic (exact) mass is 176 g/mol. The Morgan fingerprint density at radius 1 is 1.54 bits per heavy atom. The van der Waals surface area contributed by atoms with Crippen molar-refractivity contribution in [1.82, 2.24) is 0 Å².